The molecule has 1 heterocycles. The Morgan fingerprint density at radius 2 is 1.69 bits per heavy atom. The molecule has 3 aromatic carbocycles. The Labute approximate surface area is 218 Å². The van der Waals surface area contributed by atoms with E-state index in [-0.39, 0.29) is 11.3 Å². The van der Waals surface area contributed by atoms with Gasteiger partial charge in [0.15, 0.2) is 11.5 Å². The van der Waals surface area contributed by atoms with Gasteiger partial charge in [0, 0.05) is 10.0 Å². The van der Waals surface area contributed by atoms with Gasteiger partial charge in [-0.25, -0.2) is 0 Å². The van der Waals surface area contributed by atoms with Crippen LogP contribution < -0.4 is 19.1 Å². The van der Waals surface area contributed by atoms with E-state index in [4.69, 9.17) is 14.2 Å². The van der Waals surface area contributed by atoms with Gasteiger partial charge in [0.1, 0.15) is 11.5 Å². The topological polar surface area (TPSA) is 85.3 Å². The molecule has 1 saturated heterocycles. The molecule has 0 radical (unpaired) electrons. The second kappa shape index (κ2) is 10.5. The van der Waals surface area contributed by atoms with Gasteiger partial charge in [-0.3, -0.25) is 14.5 Å². The van der Waals surface area contributed by atoms with Gasteiger partial charge in [-0.05, 0) is 61.4 Å². The number of ether oxygens (including phenoxy) is 3. The van der Waals surface area contributed by atoms with E-state index in [2.05, 4.69) is 15.9 Å². The Bertz CT molecular complexity index is 1370. The molecule has 1 N–H and O–H groups in total. The number of para-hydroxylation sites is 2. The summed E-state index contributed by atoms with van der Waals surface area (Å²) in [6, 6.07) is 16.4. The monoisotopic (exact) mass is 551 g/mol. The molecule has 0 aliphatic carbocycles. The molecule has 1 fully saturated rings. The number of hydrogen-bond donors (Lipinski definition) is 1. The van der Waals surface area contributed by atoms with Crippen LogP contribution in [-0.2, 0) is 9.59 Å². The first-order chi connectivity index (χ1) is 17.3. The lowest BCUT2D eigenvalue weighted by Gasteiger charge is -2.27. The number of carbonyl (C=O) groups is 2. The largest absolute Gasteiger partial charge is 0.507 e. The van der Waals surface area contributed by atoms with E-state index in [9.17, 15) is 14.7 Å². The summed E-state index contributed by atoms with van der Waals surface area (Å²) in [5.74, 6) is -0.435. The van der Waals surface area contributed by atoms with E-state index in [1.54, 1.807) is 60.7 Å². The van der Waals surface area contributed by atoms with Crippen molar-refractivity contribution in [3.05, 3.63) is 87.4 Å². The zero-order valence-electron chi connectivity index (χ0n) is 20.4. The number of methoxy groups -OCH3 is 2. The van der Waals surface area contributed by atoms with Crippen LogP contribution in [0.25, 0.3) is 5.76 Å². The number of amides is 1. The van der Waals surface area contributed by atoms with E-state index in [0.29, 0.717) is 40.7 Å². The first-order valence-corrected chi connectivity index (χ1v) is 12.1. The molecule has 36 heavy (non-hydrogen) atoms. The van der Waals surface area contributed by atoms with Crippen molar-refractivity contribution in [1.82, 2.24) is 0 Å². The highest BCUT2D eigenvalue weighted by Crippen LogP contribution is 2.46. The van der Waals surface area contributed by atoms with Crippen molar-refractivity contribution in [2.24, 2.45) is 0 Å². The summed E-state index contributed by atoms with van der Waals surface area (Å²) in [6.07, 6.45) is 0. The van der Waals surface area contributed by atoms with E-state index >= 15 is 0 Å². The number of anilines is 1. The number of Topliss-reactive ketones (excluding diaryl/α,β-unsaturated/α-hetero) is 1. The first kappa shape index (κ1) is 25.3. The van der Waals surface area contributed by atoms with Crippen molar-refractivity contribution in [3.63, 3.8) is 0 Å². The summed E-state index contributed by atoms with van der Waals surface area (Å²) in [4.78, 5) is 28.3. The molecule has 0 bridgehead atoms. The Hall–Kier alpha value is -3.78. The van der Waals surface area contributed by atoms with Gasteiger partial charge < -0.3 is 19.3 Å². The third kappa shape index (κ3) is 4.44. The Balaban J connectivity index is 2.00. The first-order valence-electron chi connectivity index (χ1n) is 11.3. The van der Waals surface area contributed by atoms with E-state index in [1.807, 2.05) is 13.8 Å². The van der Waals surface area contributed by atoms with Gasteiger partial charge in [0.2, 0.25) is 0 Å². The minimum atomic E-state index is -0.935. The average Bonchev–Trinajstić information content (AvgIpc) is 3.15. The molecule has 1 aliphatic heterocycles. The van der Waals surface area contributed by atoms with Crippen molar-refractivity contribution in [2.45, 2.75) is 19.9 Å². The van der Waals surface area contributed by atoms with Gasteiger partial charge in [-0.2, -0.15) is 0 Å². The molecule has 8 heteroatoms. The maximum Gasteiger partial charge on any atom is 0.300 e. The summed E-state index contributed by atoms with van der Waals surface area (Å²) in [7, 11) is 3.03. The highest BCUT2D eigenvalue weighted by molar-refractivity contribution is 9.10. The Morgan fingerprint density at radius 1 is 0.972 bits per heavy atom. The smallest absolute Gasteiger partial charge is 0.300 e. The summed E-state index contributed by atoms with van der Waals surface area (Å²) in [5.41, 5.74) is 2.25. The van der Waals surface area contributed by atoms with Crippen LogP contribution in [0.3, 0.4) is 0 Å². The normalized spacial score (nSPS) is 16.8. The maximum absolute atomic E-state index is 13.5. The number of aliphatic hydroxyl groups excluding tert-OH is 1. The zero-order chi connectivity index (χ0) is 26.0. The zero-order valence-corrected chi connectivity index (χ0v) is 22.0. The van der Waals surface area contributed by atoms with Crippen LogP contribution in [0.5, 0.6) is 17.2 Å². The Kier molecular flexibility index (Phi) is 7.35. The molecule has 186 valence electrons. The van der Waals surface area contributed by atoms with Crippen LogP contribution in [0.15, 0.2) is 70.7 Å². The number of carbonyl (C=O) groups excluding carboxylic acids is 2. The predicted octanol–water partition coefficient (Wildman–Crippen LogP) is 5.80. The number of ketones is 1. The predicted molar refractivity (Wildman–Crippen MR) is 141 cm³/mol. The fourth-order valence-corrected chi connectivity index (χ4v) is 4.55. The third-order valence-electron chi connectivity index (χ3n) is 6.02. The van der Waals surface area contributed by atoms with Crippen LogP contribution in [-0.4, -0.2) is 37.6 Å². The van der Waals surface area contributed by atoms with E-state index in [1.165, 1.54) is 19.1 Å². The molecule has 3 aromatic rings. The molecule has 1 aliphatic rings. The van der Waals surface area contributed by atoms with Gasteiger partial charge in [0.05, 0.1) is 38.1 Å². The summed E-state index contributed by atoms with van der Waals surface area (Å²) in [6.45, 7) is 4.12. The van der Waals surface area contributed by atoms with Crippen LogP contribution >= 0.6 is 15.9 Å². The highest BCUT2D eigenvalue weighted by Gasteiger charge is 2.48. The van der Waals surface area contributed by atoms with Crippen LogP contribution in [0.2, 0.25) is 0 Å². The number of aliphatic hydroxyl groups is 1. The number of aryl methyl sites for hydroxylation is 1. The fourth-order valence-electron chi connectivity index (χ4n) is 4.30. The van der Waals surface area contributed by atoms with Crippen molar-refractivity contribution >= 4 is 39.1 Å². The summed E-state index contributed by atoms with van der Waals surface area (Å²) < 4.78 is 17.5. The van der Waals surface area contributed by atoms with Gasteiger partial charge in [-0.15, -0.1) is 0 Å². The average molecular weight is 552 g/mol. The van der Waals surface area contributed by atoms with Gasteiger partial charge >= 0.3 is 0 Å². The summed E-state index contributed by atoms with van der Waals surface area (Å²) >= 11 is 3.46. The van der Waals surface area contributed by atoms with Crippen molar-refractivity contribution in [1.29, 1.82) is 0 Å². The second-order valence-corrected chi connectivity index (χ2v) is 9.00. The molecule has 0 aromatic heterocycles. The number of hydrogen-bond acceptors (Lipinski definition) is 6. The summed E-state index contributed by atoms with van der Waals surface area (Å²) in [5, 5.41) is 11.4. The SMILES string of the molecule is CCOc1cc(C2/C(=C(/O)c3ccc(Br)c(C)c3)C(=O)C(=O)N2c2ccccc2OC)ccc1OC. The quantitative estimate of drug-likeness (QED) is 0.227. The van der Waals surface area contributed by atoms with Crippen molar-refractivity contribution < 1.29 is 28.9 Å². The molecular formula is C28H26BrNO6. The molecule has 7 nitrogen and oxygen atoms in total. The Morgan fingerprint density at radius 3 is 2.36 bits per heavy atom. The van der Waals surface area contributed by atoms with Gasteiger partial charge in [0.25, 0.3) is 11.7 Å². The van der Waals surface area contributed by atoms with Crippen molar-refractivity contribution in [3.8, 4) is 17.2 Å². The van der Waals surface area contributed by atoms with Crippen LogP contribution in [0, 0.1) is 6.92 Å². The van der Waals surface area contributed by atoms with Crippen molar-refractivity contribution in [2.75, 3.05) is 25.7 Å². The third-order valence-corrected chi connectivity index (χ3v) is 6.91. The van der Waals surface area contributed by atoms with E-state index in [0.717, 1.165) is 10.0 Å². The molecule has 0 saturated carbocycles. The van der Waals surface area contributed by atoms with E-state index < -0.39 is 17.7 Å². The minimum absolute atomic E-state index is 0.0276. The highest BCUT2D eigenvalue weighted by atomic mass is 79.9. The van der Waals surface area contributed by atoms with Crippen LogP contribution in [0.1, 0.15) is 29.7 Å². The molecule has 1 atom stereocenters. The molecule has 1 amide bonds. The minimum Gasteiger partial charge on any atom is -0.507 e. The molecule has 0 spiro atoms. The molecule has 4 rings (SSSR count). The second-order valence-electron chi connectivity index (χ2n) is 8.15. The number of halogens is 1. The standard InChI is InChI=1S/C28H26BrNO6/c1-5-36-23-15-17(11-13-22(23)35-4)25-24(26(31)18-10-12-19(29)16(2)14-18)27(32)28(33)30(25)20-8-6-7-9-21(20)34-3/h6-15,25,31H,5H2,1-4H3/b26-24-. The maximum atomic E-state index is 13.5. The molecule has 1 unspecified atom stereocenters. The van der Waals surface area contributed by atoms with Gasteiger partial charge in [-0.1, -0.05) is 40.2 Å². The number of rotatable bonds is 7. The molecular weight excluding hydrogens is 526 g/mol. The number of benzene rings is 3. The lowest BCUT2D eigenvalue weighted by Crippen LogP contribution is -2.29. The lowest BCUT2D eigenvalue weighted by molar-refractivity contribution is -0.132. The number of nitrogens with zero attached hydrogens (tertiary/aromatic N) is 1. The lowest BCUT2D eigenvalue weighted by atomic mass is 9.94. The van der Waals surface area contributed by atoms with Crippen LogP contribution in [0.4, 0.5) is 5.69 Å². The fraction of sp³-hybridized carbons (Fsp3) is 0.214.